The summed E-state index contributed by atoms with van der Waals surface area (Å²) in [6, 6.07) is 11.2. The Kier molecular flexibility index (Phi) is 3.63. The van der Waals surface area contributed by atoms with Crippen LogP contribution in [0.2, 0.25) is 12.6 Å². The molecule has 12 heavy (non-hydrogen) atoms. The van der Waals surface area contributed by atoms with E-state index in [2.05, 4.69) is 12.1 Å². The van der Waals surface area contributed by atoms with Gasteiger partial charge in [-0.3, -0.25) is 0 Å². The summed E-state index contributed by atoms with van der Waals surface area (Å²) in [5.74, 6) is 0. The summed E-state index contributed by atoms with van der Waals surface area (Å²) in [5, 5.41) is 0. The van der Waals surface area contributed by atoms with Gasteiger partial charge in [0.2, 0.25) is 6.69 Å². The molecule has 0 aliphatic carbocycles. The summed E-state index contributed by atoms with van der Waals surface area (Å²) in [6.45, 7) is 0.0618. The smallest absolute Gasteiger partial charge is 0.146 e. The van der Waals surface area contributed by atoms with Crippen LogP contribution in [-0.4, -0.2) is 6.69 Å². The minimum absolute atomic E-state index is 0.931. The number of aryl methyl sites for hydroxylation is 1. The lowest BCUT2D eigenvalue weighted by Crippen LogP contribution is -2.13. The third-order valence-corrected chi connectivity index (χ3v) is 3.96. The van der Waals surface area contributed by atoms with Crippen LogP contribution in [0.25, 0.3) is 0 Å². The largest absolute Gasteiger partial charge is 0.248 e. The van der Waals surface area contributed by atoms with Crippen LogP contribution in [-0.2, 0) is 6.42 Å². The molecule has 0 N–H and O–H groups in total. The molecular formula is C9H12Cl2Si. The van der Waals surface area contributed by atoms with Gasteiger partial charge < -0.3 is 0 Å². The van der Waals surface area contributed by atoms with E-state index in [0.29, 0.717) is 0 Å². The van der Waals surface area contributed by atoms with Gasteiger partial charge in [0, 0.05) is 0 Å². The Balaban J connectivity index is 2.44. The maximum Gasteiger partial charge on any atom is 0.248 e. The first-order chi connectivity index (χ1) is 5.58. The first kappa shape index (κ1) is 10.1. The first-order valence-electron chi connectivity index (χ1n) is 4.00. The number of halogens is 2. The highest BCUT2D eigenvalue weighted by Gasteiger charge is 2.19. The molecule has 0 unspecified atom stereocenters. The molecule has 0 spiro atoms. The van der Waals surface area contributed by atoms with Crippen LogP contribution in [0, 0.1) is 0 Å². The Morgan fingerprint density at radius 3 is 2.25 bits per heavy atom. The van der Waals surface area contributed by atoms with E-state index in [1.165, 1.54) is 5.56 Å². The van der Waals surface area contributed by atoms with Crippen molar-refractivity contribution in [2.75, 3.05) is 0 Å². The average Bonchev–Trinajstić information content (AvgIpc) is 2.02. The zero-order valence-corrected chi connectivity index (χ0v) is 9.57. The molecule has 0 nitrogen and oxygen atoms in total. The van der Waals surface area contributed by atoms with Crippen LogP contribution >= 0.6 is 22.2 Å². The van der Waals surface area contributed by atoms with Crippen LogP contribution in [0.15, 0.2) is 30.3 Å². The monoisotopic (exact) mass is 218 g/mol. The molecule has 0 saturated heterocycles. The molecule has 0 aromatic heterocycles. The van der Waals surface area contributed by atoms with Gasteiger partial charge in [0.25, 0.3) is 0 Å². The lowest BCUT2D eigenvalue weighted by molar-refractivity contribution is 1.12. The third-order valence-electron chi connectivity index (χ3n) is 1.70. The van der Waals surface area contributed by atoms with Gasteiger partial charge in [-0.05, 0) is 24.6 Å². The van der Waals surface area contributed by atoms with Crippen molar-refractivity contribution < 1.29 is 0 Å². The summed E-state index contributed by atoms with van der Waals surface area (Å²) < 4.78 is 0. The van der Waals surface area contributed by atoms with Crippen molar-refractivity contribution in [2.45, 2.75) is 19.0 Å². The SMILES string of the molecule is C[Si](Cl)(Cl)CCc1ccccc1. The van der Waals surface area contributed by atoms with Crippen molar-refractivity contribution in [1.82, 2.24) is 0 Å². The zero-order chi connectivity index (χ0) is 9.03. The van der Waals surface area contributed by atoms with Gasteiger partial charge in [-0.1, -0.05) is 30.3 Å². The molecule has 1 rings (SSSR count). The van der Waals surface area contributed by atoms with Gasteiger partial charge >= 0.3 is 0 Å². The van der Waals surface area contributed by atoms with Gasteiger partial charge in [0.1, 0.15) is 0 Å². The Morgan fingerprint density at radius 2 is 1.75 bits per heavy atom. The minimum Gasteiger partial charge on any atom is -0.146 e. The summed E-state index contributed by atoms with van der Waals surface area (Å²) in [7, 11) is 0. The van der Waals surface area contributed by atoms with E-state index in [1.54, 1.807) is 0 Å². The van der Waals surface area contributed by atoms with Crippen molar-refractivity contribution in [3.05, 3.63) is 35.9 Å². The molecule has 1 aromatic rings. The fourth-order valence-electron chi connectivity index (χ4n) is 1.01. The van der Waals surface area contributed by atoms with E-state index < -0.39 is 6.69 Å². The molecular weight excluding hydrogens is 207 g/mol. The fourth-order valence-corrected chi connectivity index (χ4v) is 2.30. The van der Waals surface area contributed by atoms with E-state index in [1.807, 2.05) is 24.7 Å². The topological polar surface area (TPSA) is 0 Å². The van der Waals surface area contributed by atoms with E-state index in [0.717, 1.165) is 12.5 Å². The maximum atomic E-state index is 5.99. The molecule has 0 bridgehead atoms. The third kappa shape index (κ3) is 4.15. The van der Waals surface area contributed by atoms with Gasteiger partial charge in [0.15, 0.2) is 0 Å². The Hall–Kier alpha value is 0.0169. The van der Waals surface area contributed by atoms with Crippen LogP contribution < -0.4 is 0 Å². The van der Waals surface area contributed by atoms with Crippen molar-refractivity contribution in [3.8, 4) is 0 Å². The van der Waals surface area contributed by atoms with Crippen molar-refractivity contribution in [3.63, 3.8) is 0 Å². The lowest BCUT2D eigenvalue weighted by Gasteiger charge is -2.08. The number of benzene rings is 1. The molecule has 0 amide bonds. The zero-order valence-electron chi connectivity index (χ0n) is 7.06. The molecule has 0 aliphatic heterocycles. The molecule has 0 aliphatic rings. The van der Waals surface area contributed by atoms with Crippen LogP contribution in [0.5, 0.6) is 0 Å². The molecule has 0 saturated carbocycles. The summed E-state index contributed by atoms with van der Waals surface area (Å²) in [5.41, 5.74) is 1.32. The minimum atomic E-state index is -1.90. The Morgan fingerprint density at radius 1 is 1.17 bits per heavy atom. The highest BCUT2D eigenvalue weighted by molar-refractivity contribution is 7.44. The molecule has 0 atom stereocenters. The normalized spacial score (nSPS) is 11.6. The van der Waals surface area contributed by atoms with E-state index >= 15 is 0 Å². The Bertz CT molecular complexity index is 228. The number of hydrogen-bond donors (Lipinski definition) is 0. The van der Waals surface area contributed by atoms with Crippen molar-refractivity contribution >= 4 is 28.9 Å². The second-order valence-corrected chi connectivity index (χ2v) is 11.3. The van der Waals surface area contributed by atoms with E-state index in [4.69, 9.17) is 22.2 Å². The van der Waals surface area contributed by atoms with Gasteiger partial charge in [0.05, 0.1) is 0 Å². The summed E-state index contributed by atoms with van der Waals surface area (Å²) >= 11 is 12.0. The highest BCUT2D eigenvalue weighted by atomic mass is 35.7. The molecule has 1 aromatic carbocycles. The van der Waals surface area contributed by atoms with Crippen molar-refractivity contribution in [2.24, 2.45) is 0 Å². The Labute approximate surface area is 83.9 Å². The second kappa shape index (κ2) is 4.31. The molecule has 0 heterocycles. The predicted molar refractivity (Wildman–Crippen MR) is 58.3 cm³/mol. The quantitative estimate of drug-likeness (QED) is 0.536. The van der Waals surface area contributed by atoms with E-state index in [9.17, 15) is 0 Å². The molecule has 0 radical (unpaired) electrons. The van der Waals surface area contributed by atoms with E-state index in [-0.39, 0.29) is 0 Å². The predicted octanol–water partition coefficient (Wildman–Crippen LogP) is 3.78. The lowest BCUT2D eigenvalue weighted by atomic mass is 10.2. The van der Waals surface area contributed by atoms with Crippen LogP contribution in [0.4, 0.5) is 0 Å². The highest BCUT2D eigenvalue weighted by Crippen LogP contribution is 2.21. The molecule has 0 fully saturated rings. The number of rotatable bonds is 3. The summed E-state index contributed by atoms with van der Waals surface area (Å²) in [6.07, 6.45) is 0.997. The summed E-state index contributed by atoms with van der Waals surface area (Å²) in [4.78, 5) is 0. The van der Waals surface area contributed by atoms with Gasteiger partial charge in [-0.25, -0.2) is 0 Å². The van der Waals surface area contributed by atoms with Gasteiger partial charge in [-0.2, -0.15) is 0 Å². The average molecular weight is 219 g/mol. The first-order valence-corrected chi connectivity index (χ1v) is 8.73. The standard InChI is InChI=1S/C9H12Cl2Si/c1-12(10,11)8-7-9-5-3-2-4-6-9/h2-6H,7-8H2,1H3. The van der Waals surface area contributed by atoms with Crippen LogP contribution in [0.1, 0.15) is 5.56 Å². The number of hydrogen-bond acceptors (Lipinski definition) is 0. The van der Waals surface area contributed by atoms with Crippen LogP contribution in [0.3, 0.4) is 0 Å². The van der Waals surface area contributed by atoms with Gasteiger partial charge in [-0.15, -0.1) is 22.2 Å². The molecule has 3 heteroatoms. The maximum absolute atomic E-state index is 5.99. The fraction of sp³-hybridized carbons (Fsp3) is 0.333. The second-order valence-electron chi connectivity index (χ2n) is 3.06. The van der Waals surface area contributed by atoms with Crippen molar-refractivity contribution in [1.29, 1.82) is 0 Å². The molecule has 66 valence electrons.